The van der Waals surface area contributed by atoms with Crippen LogP contribution in [0.15, 0.2) is 65.1 Å². The molecule has 1 heterocycles. The molecular weight excluding hydrogens is 358 g/mol. The van der Waals surface area contributed by atoms with E-state index in [9.17, 15) is 17.6 Å². The van der Waals surface area contributed by atoms with Crippen molar-refractivity contribution in [3.05, 3.63) is 77.6 Å². The Morgan fingerprint density at radius 1 is 0.889 bits per heavy atom. The summed E-state index contributed by atoms with van der Waals surface area (Å²) in [6, 6.07) is 14.8. The Kier molecular flexibility index (Phi) is 3.98. The smallest absolute Gasteiger partial charge is 0.416 e. The standard InChI is InChI=1S/C21H13F4NO/c1-12-16(3-2-4-17(12)22)20-26-18-10-7-14(11-19(18)27-20)13-5-8-15(9-6-13)21(23,24)25/h2-11H,1H3. The summed E-state index contributed by atoms with van der Waals surface area (Å²) >= 11 is 0. The van der Waals surface area contributed by atoms with E-state index in [4.69, 9.17) is 4.42 Å². The van der Waals surface area contributed by atoms with Gasteiger partial charge >= 0.3 is 6.18 Å². The highest BCUT2D eigenvalue weighted by Gasteiger charge is 2.30. The molecule has 0 aliphatic heterocycles. The second kappa shape index (κ2) is 6.23. The van der Waals surface area contributed by atoms with Gasteiger partial charge < -0.3 is 4.42 Å². The fourth-order valence-electron chi connectivity index (χ4n) is 2.91. The van der Waals surface area contributed by atoms with Gasteiger partial charge in [0.25, 0.3) is 0 Å². The molecule has 4 aromatic rings. The van der Waals surface area contributed by atoms with E-state index in [-0.39, 0.29) is 5.82 Å². The van der Waals surface area contributed by atoms with Crippen LogP contribution < -0.4 is 0 Å². The molecular formula is C21H13F4NO. The second-order valence-corrected chi connectivity index (χ2v) is 6.19. The fraction of sp³-hybridized carbons (Fsp3) is 0.0952. The molecule has 0 amide bonds. The summed E-state index contributed by atoms with van der Waals surface area (Å²) in [6.45, 7) is 1.65. The number of halogens is 4. The largest absolute Gasteiger partial charge is 0.436 e. The average molecular weight is 371 g/mol. The van der Waals surface area contributed by atoms with E-state index in [1.807, 2.05) is 0 Å². The van der Waals surface area contributed by atoms with E-state index in [1.54, 1.807) is 37.3 Å². The van der Waals surface area contributed by atoms with Crippen LogP contribution >= 0.6 is 0 Å². The van der Waals surface area contributed by atoms with E-state index >= 15 is 0 Å². The third-order valence-electron chi connectivity index (χ3n) is 4.43. The van der Waals surface area contributed by atoms with Crippen molar-refractivity contribution in [2.45, 2.75) is 13.1 Å². The number of alkyl halides is 3. The number of fused-ring (bicyclic) bond motifs is 1. The molecule has 0 aliphatic carbocycles. The molecule has 0 spiro atoms. The van der Waals surface area contributed by atoms with Crippen LogP contribution in [0.25, 0.3) is 33.7 Å². The molecule has 136 valence electrons. The molecule has 0 N–H and O–H groups in total. The van der Waals surface area contributed by atoms with Crippen LogP contribution in [-0.4, -0.2) is 4.98 Å². The number of nitrogens with zero attached hydrogens (tertiary/aromatic N) is 1. The number of hydrogen-bond donors (Lipinski definition) is 0. The fourth-order valence-corrected chi connectivity index (χ4v) is 2.91. The topological polar surface area (TPSA) is 26.0 Å². The zero-order valence-electron chi connectivity index (χ0n) is 14.1. The summed E-state index contributed by atoms with van der Waals surface area (Å²) < 4.78 is 57.7. The minimum atomic E-state index is -4.37. The van der Waals surface area contributed by atoms with Crippen LogP contribution in [0.5, 0.6) is 0 Å². The van der Waals surface area contributed by atoms with Gasteiger partial charge in [-0.05, 0) is 60.0 Å². The normalized spacial score (nSPS) is 11.9. The number of aromatic nitrogens is 1. The molecule has 0 radical (unpaired) electrons. The maximum absolute atomic E-state index is 13.8. The molecule has 0 saturated carbocycles. The lowest BCUT2D eigenvalue weighted by Gasteiger charge is -2.07. The van der Waals surface area contributed by atoms with Gasteiger partial charge in [0.2, 0.25) is 5.89 Å². The molecule has 27 heavy (non-hydrogen) atoms. The molecule has 1 aromatic heterocycles. The first-order valence-electron chi connectivity index (χ1n) is 8.16. The van der Waals surface area contributed by atoms with Crippen molar-refractivity contribution >= 4 is 11.1 Å². The van der Waals surface area contributed by atoms with Crippen LogP contribution in [0, 0.1) is 12.7 Å². The van der Waals surface area contributed by atoms with Crippen LogP contribution in [-0.2, 0) is 6.18 Å². The van der Waals surface area contributed by atoms with Gasteiger partial charge in [-0.15, -0.1) is 0 Å². The zero-order chi connectivity index (χ0) is 19.2. The number of benzene rings is 3. The van der Waals surface area contributed by atoms with Crippen LogP contribution in [0.3, 0.4) is 0 Å². The lowest BCUT2D eigenvalue weighted by atomic mass is 10.0. The van der Waals surface area contributed by atoms with Gasteiger partial charge in [-0.25, -0.2) is 9.37 Å². The molecule has 0 atom stereocenters. The Morgan fingerprint density at radius 2 is 1.59 bits per heavy atom. The van der Waals surface area contributed by atoms with Gasteiger partial charge in [0, 0.05) is 5.56 Å². The summed E-state index contributed by atoms with van der Waals surface area (Å²) in [7, 11) is 0. The van der Waals surface area contributed by atoms with Crippen LogP contribution in [0.4, 0.5) is 17.6 Å². The zero-order valence-corrected chi connectivity index (χ0v) is 14.1. The molecule has 4 rings (SSSR count). The Bertz CT molecular complexity index is 1130. The third-order valence-corrected chi connectivity index (χ3v) is 4.43. The van der Waals surface area contributed by atoms with E-state index in [0.717, 1.165) is 12.1 Å². The Morgan fingerprint density at radius 3 is 2.30 bits per heavy atom. The van der Waals surface area contributed by atoms with Gasteiger partial charge in [0.15, 0.2) is 5.58 Å². The molecule has 0 bridgehead atoms. The average Bonchev–Trinajstić information content (AvgIpc) is 3.06. The van der Waals surface area contributed by atoms with E-state index < -0.39 is 11.7 Å². The molecule has 0 saturated heterocycles. The number of hydrogen-bond acceptors (Lipinski definition) is 2. The van der Waals surface area contributed by atoms with Gasteiger partial charge in [-0.3, -0.25) is 0 Å². The van der Waals surface area contributed by atoms with Crippen molar-refractivity contribution in [1.29, 1.82) is 0 Å². The highest BCUT2D eigenvalue weighted by molar-refractivity contribution is 5.82. The summed E-state index contributed by atoms with van der Waals surface area (Å²) in [5.74, 6) is -0.0493. The Labute approximate surface area is 152 Å². The predicted molar refractivity (Wildman–Crippen MR) is 94.6 cm³/mol. The molecule has 3 aromatic carbocycles. The number of rotatable bonds is 2. The second-order valence-electron chi connectivity index (χ2n) is 6.19. The molecule has 0 unspecified atom stereocenters. The van der Waals surface area contributed by atoms with Crippen molar-refractivity contribution in [1.82, 2.24) is 4.98 Å². The minimum Gasteiger partial charge on any atom is -0.436 e. The molecule has 0 aliphatic rings. The summed E-state index contributed by atoms with van der Waals surface area (Å²) in [4.78, 5) is 4.38. The molecule has 2 nitrogen and oxygen atoms in total. The lowest BCUT2D eigenvalue weighted by molar-refractivity contribution is -0.137. The predicted octanol–water partition coefficient (Wildman–Crippen LogP) is 6.63. The maximum atomic E-state index is 13.8. The Hall–Kier alpha value is -3.15. The summed E-state index contributed by atoms with van der Waals surface area (Å²) in [6.07, 6.45) is -4.37. The van der Waals surface area contributed by atoms with Crippen LogP contribution in [0.1, 0.15) is 11.1 Å². The first-order valence-corrected chi connectivity index (χ1v) is 8.16. The van der Waals surface area contributed by atoms with Gasteiger partial charge in [0.05, 0.1) is 5.56 Å². The van der Waals surface area contributed by atoms with Crippen molar-refractivity contribution in [3.63, 3.8) is 0 Å². The minimum absolute atomic E-state index is 0.298. The first-order chi connectivity index (χ1) is 12.8. The van der Waals surface area contributed by atoms with Gasteiger partial charge in [-0.1, -0.05) is 24.3 Å². The van der Waals surface area contributed by atoms with Crippen LogP contribution in [0.2, 0.25) is 0 Å². The monoisotopic (exact) mass is 371 g/mol. The van der Waals surface area contributed by atoms with E-state index in [1.165, 1.54) is 18.2 Å². The van der Waals surface area contributed by atoms with Gasteiger partial charge in [0.1, 0.15) is 11.3 Å². The van der Waals surface area contributed by atoms with Crippen molar-refractivity contribution in [2.75, 3.05) is 0 Å². The Balaban J connectivity index is 1.74. The molecule has 0 fully saturated rings. The highest BCUT2D eigenvalue weighted by atomic mass is 19.4. The first kappa shape index (κ1) is 17.3. The van der Waals surface area contributed by atoms with E-state index in [0.29, 0.717) is 39.2 Å². The summed E-state index contributed by atoms with van der Waals surface area (Å²) in [5, 5.41) is 0. The van der Waals surface area contributed by atoms with Crippen molar-refractivity contribution in [3.8, 4) is 22.6 Å². The quantitative estimate of drug-likeness (QED) is 0.370. The molecule has 6 heteroatoms. The van der Waals surface area contributed by atoms with Gasteiger partial charge in [-0.2, -0.15) is 13.2 Å². The number of oxazole rings is 1. The van der Waals surface area contributed by atoms with E-state index in [2.05, 4.69) is 4.98 Å². The third kappa shape index (κ3) is 3.18. The van der Waals surface area contributed by atoms with Crippen molar-refractivity contribution in [2.24, 2.45) is 0 Å². The van der Waals surface area contributed by atoms with Crippen molar-refractivity contribution < 1.29 is 22.0 Å². The maximum Gasteiger partial charge on any atom is 0.416 e. The SMILES string of the molecule is Cc1c(F)cccc1-c1nc2ccc(-c3ccc(C(F)(F)F)cc3)cc2o1. The lowest BCUT2D eigenvalue weighted by Crippen LogP contribution is -2.03. The summed E-state index contributed by atoms with van der Waals surface area (Å²) in [5.41, 5.74) is 2.69. The highest BCUT2D eigenvalue weighted by Crippen LogP contribution is 2.33.